The number of hydrogen-bond donors (Lipinski definition) is 3. The Bertz CT molecular complexity index is 598. The van der Waals surface area contributed by atoms with E-state index in [1.807, 2.05) is 54.6 Å². The van der Waals surface area contributed by atoms with Crippen LogP contribution in [0.1, 0.15) is 30.5 Å². The molecule has 116 valence electrons. The predicted molar refractivity (Wildman–Crippen MR) is 90.4 cm³/mol. The van der Waals surface area contributed by atoms with Gasteiger partial charge in [0.05, 0.1) is 0 Å². The van der Waals surface area contributed by atoms with Crippen LogP contribution in [-0.4, -0.2) is 12.5 Å². The molecule has 0 radical (unpaired) electrons. The second-order valence-electron chi connectivity index (χ2n) is 5.25. The summed E-state index contributed by atoms with van der Waals surface area (Å²) in [6.07, 6.45) is 0.265. The third kappa shape index (κ3) is 4.98. The molecule has 2 aromatic carbocycles. The summed E-state index contributed by atoms with van der Waals surface area (Å²) in [7, 11) is 0. The number of nitrogens with one attached hydrogen (secondary N) is 2. The van der Waals surface area contributed by atoms with Gasteiger partial charge in [0, 0.05) is 24.7 Å². The molecule has 0 saturated heterocycles. The molecule has 22 heavy (non-hydrogen) atoms. The van der Waals surface area contributed by atoms with Crippen LogP contribution in [0.25, 0.3) is 0 Å². The minimum atomic E-state index is -0.286. The molecule has 0 aliphatic rings. The topological polar surface area (TPSA) is 67.1 Å². The first-order chi connectivity index (χ1) is 10.7. The fourth-order valence-corrected chi connectivity index (χ4v) is 2.26. The van der Waals surface area contributed by atoms with E-state index < -0.39 is 0 Å². The summed E-state index contributed by atoms with van der Waals surface area (Å²) in [5.41, 5.74) is 9.00. The van der Waals surface area contributed by atoms with Crippen LogP contribution in [0.2, 0.25) is 0 Å². The van der Waals surface area contributed by atoms with Crippen molar-refractivity contribution in [3.05, 3.63) is 65.7 Å². The Hall–Kier alpha value is -2.17. The predicted octanol–water partition coefficient (Wildman–Crippen LogP) is 2.82. The summed E-state index contributed by atoms with van der Waals surface area (Å²) >= 11 is 0. The summed E-state index contributed by atoms with van der Waals surface area (Å²) in [4.78, 5) is 12.1. The number of benzene rings is 2. The number of carbonyl (C=O) groups is 1. The van der Waals surface area contributed by atoms with Gasteiger partial charge in [0.25, 0.3) is 0 Å². The highest BCUT2D eigenvalue weighted by Gasteiger charge is 2.11. The Balaban J connectivity index is 1.91. The quantitative estimate of drug-likeness (QED) is 0.736. The molecule has 0 spiro atoms. The van der Waals surface area contributed by atoms with Crippen molar-refractivity contribution >= 4 is 11.6 Å². The highest BCUT2D eigenvalue weighted by molar-refractivity contribution is 5.91. The summed E-state index contributed by atoms with van der Waals surface area (Å²) in [6, 6.07) is 17.2. The minimum Gasteiger partial charge on any atom is -0.326 e. The van der Waals surface area contributed by atoms with Gasteiger partial charge in [-0.1, -0.05) is 49.4 Å². The lowest BCUT2D eigenvalue weighted by molar-refractivity contribution is -0.116. The third-order valence-electron chi connectivity index (χ3n) is 3.42. The fraction of sp³-hybridized carbons (Fsp3) is 0.278. The average molecular weight is 297 g/mol. The van der Waals surface area contributed by atoms with Crippen molar-refractivity contribution in [1.29, 1.82) is 0 Å². The zero-order valence-electron chi connectivity index (χ0n) is 12.9. The number of anilines is 1. The molecule has 2 rings (SSSR count). The number of amides is 1. The first-order valence-electron chi connectivity index (χ1n) is 7.59. The maximum Gasteiger partial charge on any atom is 0.226 e. The van der Waals surface area contributed by atoms with Crippen molar-refractivity contribution in [2.24, 2.45) is 5.73 Å². The minimum absolute atomic E-state index is 0.0723. The van der Waals surface area contributed by atoms with Crippen molar-refractivity contribution in [3.63, 3.8) is 0 Å². The van der Waals surface area contributed by atoms with Crippen LogP contribution in [0, 0.1) is 0 Å². The van der Waals surface area contributed by atoms with E-state index in [4.69, 9.17) is 5.73 Å². The van der Waals surface area contributed by atoms with Gasteiger partial charge < -0.3 is 16.4 Å². The summed E-state index contributed by atoms with van der Waals surface area (Å²) in [6.45, 7) is 3.78. The maximum absolute atomic E-state index is 12.1. The second-order valence-corrected chi connectivity index (χ2v) is 5.25. The molecule has 0 heterocycles. The Morgan fingerprint density at radius 2 is 1.91 bits per heavy atom. The standard InChI is InChI=1S/C18H23N3O/c1-2-20-13-14-7-6-10-16(11-14)21-18(22)12-17(19)15-8-4-3-5-9-15/h3-11,17,20H,2,12-13,19H2,1H3,(H,21,22). The summed E-state index contributed by atoms with van der Waals surface area (Å²) in [5.74, 6) is -0.0723. The lowest BCUT2D eigenvalue weighted by atomic mass is 10.0. The molecular formula is C18H23N3O. The van der Waals surface area contributed by atoms with Gasteiger partial charge in [0.2, 0.25) is 5.91 Å². The Morgan fingerprint density at radius 1 is 1.14 bits per heavy atom. The van der Waals surface area contributed by atoms with Crippen LogP contribution in [0.15, 0.2) is 54.6 Å². The summed E-state index contributed by atoms with van der Waals surface area (Å²) < 4.78 is 0. The Morgan fingerprint density at radius 3 is 2.64 bits per heavy atom. The molecule has 0 aliphatic carbocycles. The molecule has 2 aromatic rings. The van der Waals surface area contributed by atoms with Crippen molar-refractivity contribution in [2.75, 3.05) is 11.9 Å². The molecule has 0 bridgehead atoms. The van der Waals surface area contributed by atoms with Gasteiger partial charge in [-0.05, 0) is 29.8 Å². The van der Waals surface area contributed by atoms with E-state index in [1.54, 1.807) is 0 Å². The average Bonchev–Trinajstić information content (AvgIpc) is 2.54. The van der Waals surface area contributed by atoms with E-state index in [1.165, 1.54) is 0 Å². The molecule has 4 nitrogen and oxygen atoms in total. The van der Waals surface area contributed by atoms with E-state index in [-0.39, 0.29) is 18.4 Å². The smallest absolute Gasteiger partial charge is 0.226 e. The van der Waals surface area contributed by atoms with E-state index in [2.05, 4.69) is 17.6 Å². The SMILES string of the molecule is CCNCc1cccc(NC(=O)CC(N)c2ccccc2)c1. The normalized spacial score (nSPS) is 11.9. The number of carbonyl (C=O) groups excluding carboxylic acids is 1. The van der Waals surface area contributed by atoms with Crippen molar-refractivity contribution in [3.8, 4) is 0 Å². The molecule has 0 saturated carbocycles. The highest BCUT2D eigenvalue weighted by Crippen LogP contribution is 2.16. The fourth-order valence-electron chi connectivity index (χ4n) is 2.26. The van der Waals surface area contributed by atoms with Gasteiger partial charge in [-0.3, -0.25) is 4.79 Å². The Labute approximate surface area is 131 Å². The van der Waals surface area contributed by atoms with Crippen LogP contribution in [-0.2, 0) is 11.3 Å². The maximum atomic E-state index is 12.1. The number of rotatable bonds is 7. The lowest BCUT2D eigenvalue weighted by Crippen LogP contribution is -2.20. The highest BCUT2D eigenvalue weighted by atomic mass is 16.1. The van der Waals surface area contributed by atoms with Crippen LogP contribution in [0.4, 0.5) is 5.69 Å². The van der Waals surface area contributed by atoms with Gasteiger partial charge in [-0.25, -0.2) is 0 Å². The van der Waals surface area contributed by atoms with Crippen molar-refractivity contribution < 1.29 is 4.79 Å². The monoisotopic (exact) mass is 297 g/mol. The van der Waals surface area contributed by atoms with Gasteiger partial charge in [0.1, 0.15) is 0 Å². The van der Waals surface area contributed by atoms with Crippen LogP contribution >= 0.6 is 0 Å². The van der Waals surface area contributed by atoms with Crippen LogP contribution < -0.4 is 16.4 Å². The van der Waals surface area contributed by atoms with Crippen LogP contribution in [0.5, 0.6) is 0 Å². The molecule has 4 N–H and O–H groups in total. The van der Waals surface area contributed by atoms with Gasteiger partial charge in [-0.2, -0.15) is 0 Å². The molecule has 1 amide bonds. The van der Waals surface area contributed by atoms with Gasteiger partial charge in [0.15, 0.2) is 0 Å². The zero-order chi connectivity index (χ0) is 15.8. The molecule has 1 unspecified atom stereocenters. The Kier molecular flexibility index (Phi) is 6.13. The largest absolute Gasteiger partial charge is 0.326 e. The number of nitrogens with two attached hydrogens (primary N) is 1. The van der Waals surface area contributed by atoms with E-state index >= 15 is 0 Å². The number of hydrogen-bond acceptors (Lipinski definition) is 3. The lowest BCUT2D eigenvalue weighted by Gasteiger charge is -2.12. The zero-order valence-corrected chi connectivity index (χ0v) is 12.9. The van der Waals surface area contributed by atoms with Crippen molar-refractivity contribution in [2.45, 2.75) is 25.9 Å². The molecular weight excluding hydrogens is 274 g/mol. The molecule has 0 aromatic heterocycles. The molecule has 4 heteroatoms. The van der Waals surface area contributed by atoms with Crippen molar-refractivity contribution in [1.82, 2.24) is 5.32 Å². The molecule has 1 atom stereocenters. The second kappa shape index (κ2) is 8.32. The first kappa shape index (κ1) is 16.2. The summed E-state index contributed by atoms with van der Waals surface area (Å²) in [5, 5.41) is 6.18. The van der Waals surface area contributed by atoms with Gasteiger partial charge >= 0.3 is 0 Å². The van der Waals surface area contributed by atoms with Gasteiger partial charge in [-0.15, -0.1) is 0 Å². The van der Waals surface area contributed by atoms with E-state index in [0.29, 0.717) is 0 Å². The molecule has 0 aliphatic heterocycles. The van der Waals surface area contributed by atoms with E-state index in [9.17, 15) is 4.79 Å². The van der Waals surface area contributed by atoms with Crippen LogP contribution in [0.3, 0.4) is 0 Å². The van der Waals surface area contributed by atoms with E-state index in [0.717, 1.165) is 29.9 Å². The molecule has 0 fully saturated rings. The third-order valence-corrected chi connectivity index (χ3v) is 3.42. The first-order valence-corrected chi connectivity index (χ1v) is 7.59.